The smallest absolute Gasteiger partial charge is 0.311 e. The first-order chi connectivity index (χ1) is 25.4. The third-order valence-electron chi connectivity index (χ3n) is 10.4. The largest absolute Gasteiger partial charge is 0.481 e. The molecule has 6 atom stereocenters. The number of ether oxygens (including phenoxy) is 4. The fourth-order valence-electron chi connectivity index (χ4n) is 7.58. The van der Waals surface area contributed by atoms with Crippen LogP contribution in [0.3, 0.4) is 0 Å². The maximum absolute atomic E-state index is 13.9. The van der Waals surface area contributed by atoms with E-state index in [1.165, 1.54) is 32.8 Å². The molecule has 0 saturated carbocycles. The monoisotopic (exact) mass is 784 g/mol. The lowest BCUT2D eigenvalue weighted by molar-refractivity contribution is -0.163. The molecule has 0 spiro atoms. The van der Waals surface area contributed by atoms with Crippen molar-refractivity contribution in [2.24, 2.45) is 34.0 Å². The highest BCUT2D eigenvalue weighted by atomic mass is 16.5. The number of esters is 4. The molecule has 15 heteroatoms. The number of ketones is 1. The molecule has 1 amide bonds. The zero-order chi connectivity index (χ0) is 42.4. The predicted molar refractivity (Wildman–Crippen MR) is 202 cm³/mol. The van der Waals surface area contributed by atoms with E-state index in [1.54, 1.807) is 27.7 Å². The van der Waals surface area contributed by atoms with E-state index >= 15 is 0 Å². The van der Waals surface area contributed by atoms with Crippen molar-refractivity contribution in [3.8, 4) is 0 Å². The standard InChI is InChI=1S/C40H68N2O13/c1-12-53-33(48)26(2)30(27(3)44)24-39(9,36(51)54-19-14-18-43)23-29(42-17-13-15-31(42)45)21-28(32(46)47)22-40(10,35(50)52-11)25-38(7,8)34(49)55-20-16-41-37(4,5)6/h26,28-30,41,43H,12-25H2,1-11H3,(H,46,47). The molecule has 0 radical (unpaired) electrons. The lowest BCUT2D eigenvalue weighted by Gasteiger charge is -2.40. The van der Waals surface area contributed by atoms with Crippen LogP contribution < -0.4 is 5.32 Å². The number of amides is 1. The van der Waals surface area contributed by atoms with Gasteiger partial charge in [-0.15, -0.1) is 0 Å². The van der Waals surface area contributed by atoms with Crippen molar-refractivity contribution < 1.29 is 62.7 Å². The minimum atomic E-state index is -1.51. The molecule has 1 saturated heterocycles. The van der Waals surface area contributed by atoms with Gasteiger partial charge in [-0.1, -0.05) is 6.92 Å². The van der Waals surface area contributed by atoms with Crippen molar-refractivity contribution >= 4 is 41.5 Å². The second kappa shape index (κ2) is 21.6. The lowest BCUT2D eigenvalue weighted by Crippen LogP contribution is -2.47. The first-order valence-corrected chi connectivity index (χ1v) is 19.4. The Morgan fingerprint density at radius 1 is 0.873 bits per heavy atom. The van der Waals surface area contributed by atoms with Crippen LogP contribution in [0.4, 0.5) is 0 Å². The van der Waals surface area contributed by atoms with Crippen molar-refractivity contribution in [3.63, 3.8) is 0 Å². The molecular weight excluding hydrogens is 716 g/mol. The number of hydrogen-bond donors (Lipinski definition) is 3. The molecule has 15 nitrogen and oxygen atoms in total. The third-order valence-corrected chi connectivity index (χ3v) is 10.4. The van der Waals surface area contributed by atoms with Gasteiger partial charge in [-0.2, -0.15) is 0 Å². The van der Waals surface area contributed by atoms with E-state index in [1.807, 2.05) is 20.8 Å². The molecule has 0 aliphatic carbocycles. The van der Waals surface area contributed by atoms with Crippen molar-refractivity contribution in [2.45, 2.75) is 132 Å². The summed E-state index contributed by atoms with van der Waals surface area (Å²) < 4.78 is 21.4. The van der Waals surface area contributed by atoms with Gasteiger partial charge in [0.25, 0.3) is 0 Å². The van der Waals surface area contributed by atoms with E-state index in [2.05, 4.69) is 5.32 Å². The van der Waals surface area contributed by atoms with Crippen LogP contribution in [-0.2, 0) is 52.5 Å². The van der Waals surface area contributed by atoms with E-state index in [9.17, 15) is 43.8 Å². The Hall–Kier alpha value is -3.59. The molecule has 1 heterocycles. The average Bonchev–Trinajstić information content (AvgIpc) is 3.52. The molecule has 1 fully saturated rings. The second-order valence-corrected chi connectivity index (χ2v) is 17.2. The summed E-state index contributed by atoms with van der Waals surface area (Å²) in [6, 6.07) is -0.868. The molecule has 1 aliphatic heterocycles. The van der Waals surface area contributed by atoms with E-state index in [-0.39, 0.29) is 95.1 Å². The van der Waals surface area contributed by atoms with Crippen molar-refractivity contribution in [3.05, 3.63) is 0 Å². The number of rotatable bonds is 25. The highest BCUT2D eigenvalue weighted by Gasteiger charge is 2.49. The Kier molecular flexibility index (Phi) is 19.4. The van der Waals surface area contributed by atoms with Crippen molar-refractivity contribution in [1.82, 2.24) is 10.2 Å². The number of nitrogens with zero attached hydrogens (tertiary/aromatic N) is 1. The normalized spacial score (nSPS) is 17.9. The SMILES string of the molecule is CCOC(=O)C(C)C(CC(C)(CC(CC(CC(C)(CC(C)(C)C(=O)OCCNC(C)(C)C)C(=O)OC)C(=O)O)N1CCCC1=O)C(=O)OCCCO)C(C)=O. The van der Waals surface area contributed by atoms with E-state index < -0.39 is 69.9 Å². The van der Waals surface area contributed by atoms with Gasteiger partial charge in [-0.05, 0) is 101 Å². The summed E-state index contributed by atoms with van der Waals surface area (Å²) in [6.07, 6.45) is -0.0108. The van der Waals surface area contributed by atoms with Gasteiger partial charge in [0.2, 0.25) is 5.91 Å². The zero-order valence-corrected chi connectivity index (χ0v) is 35.0. The number of nitrogens with one attached hydrogen (secondary N) is 1. The van der Waals surface area contributed by atoms with Gasteiger partial charge in [0, 0.05) is 50.0 Å². The Morgan fingerprint density at radius 2 is 1.49 bits per heavy atom. The number of aliphatic carboxylic acids is 1. The fraction of sp³-hybridized carbons (Fsp3) is 0.825. The average molecular weight is 785 g/mol. The number of methoxy groups -OCH3 is 1. The maximum atomic E-state index is 13.9. The predicted octanol–water partition coefficient (Wildman–Crippen LogP) is 4.10. The summed E-state index contributed by atoms with van der Waals surface area (Å²) in [7, 11) is 1.18. The molecule has 55 heavy (non-hydrogen) atoms. The minimum absolute atomic E-state index is 0.0851. The van der Waals surface area contributed by atoms with Gasteiger partial charge >= 0.3 is 29.8 Å². The molecule has 3 N–H and O–H groups in total. The van der Waals surface area contributed by atoms with Gasteiger partial charge in [-0.25, -0.2) is 0 Å². The second-order valence-electron chi connectivity index (χ2n) is 17.2. The van der Waals surface area contributed by atoms with Crippen LogP contribution in [0.1, 0.15) is 121 Å². The van der Waals surface area contributed by atoms with Crippen molar-refractivity contribution in [2.75, 3.05) is 46.6 Å². The third kappa shape index (κ3) is 15.5. The molecule has 6 unspecified atom stereocenters. The molecule has 0 aromatic carbocycles. The zero-order valence-electron chi connectivity index (χ0n) is 35.0. The summed E-state index contributed by atoms with van der Waals surface area (Å²) in [6.45, 7) is 17.2. The van der Waals surface area contributed by atoms with Crippen LogP contribution in [0.5, 0.6) is 0 Å². The first kappa shape index (κ1) is 49.4. The molecule has 316 valence electrons. The van der Waals surface area contributed by atoms with Crippen molar-refractivity contribution in [1.29, 1.82) is 0 Å². The first-order valence-electron chi connectivity index (χ1n) is 19.4. The molecule has 0 aromatic rings. The Morgan fingerprint density at radius 3 is 1.98 bits per heavy atom. The summed E-state index contributed by atoms with van der Waals surface area (Å²) in [5.41, 5.74) is -4.43. The number of carbonyl (C=O) groups is 7. The highest BCUT2D eigenvalue weighted by Crippen LogP contribution is 2.44. The number of carboxylic acids is 1. The number of aliphatic hydroxyl groups excluding tert-OH is 1. The molecule has 0 bridgehead atoms. The number of Topliss-reactive ketones (excluding diaryl/α,β-unsaturated/α-hetero) is 1. The van der Waals surface area contributed by atoms with Crippen LogP contribution in [0.25, 0.3) is 0 Å². The molecular formula is C40H68N2O13. The Bertz CT molecular complexity index is 1340. The number of carbonyl (C=O) groups excluding carboxylic acids is 6. The Balaban J connectivity index is 3.63. The van der Waals surface area contributed by atoms with Crippen LogP contribution in [0.2, 0.25) is 0 Å². The Labute approximate surface area is 326 Å². The van der Waals surface area contributed by atoms with Crippen LogP contribution in [-0.4, -0.2) is 115 Å². The molecule has 1 aliphatic rings. The quantitative estimate of drug-likeness (QED) is 0.0676. The number of hydrogen-bond acceptors (Lipinski definition) is 13. The van der Waals surface area contributed by atoms with Gasteiger partial charge in [0.15, 0.2) is 0 Å². The van der Waals surface area contributed by atoms with Crippen LogP contribution in [0.15, 0.2) is 0 Å². The van der Waals surface area contributed by atoms with Crippen LogP contribution in [0, 0.1) is 34.0 Å². The van der Waals surface area contributed by atoms with Gasteiger partial charge in [-0.3, -0.25) is 33.6 Å². The highest BCUT2D eigenvalue weighted by molar-refractivity contribution is 5.86. The van der Waals surface area contributed by atoms with Crippen LogP contribution >= 0.6 is 0 Å². The summed E-state index contributed by atoms with van der Waals surface area (Å²) in [4.78, 5) is 94.4. The lowest BCUT2D eigenvalue weighted by atomic mass is 9.67. The minimum Gasteiger partial charge on any atom is -0.481 e. The molecule has 1 rings (SSSR count). The summed E-state index contributed by atoms with van der Waals surface area (Å²) >= 11 is 0. The summed E-state index contributed by atoms with van der Waals surface area (Å²) in [5, 5.41) is 23.2. The number of aliphatic hydroxyl groups is 1. The van der Waals surface area contributed by atoms with E-state index in [4.69, 9.17) is 18.9 Å². The maximum Gasteiger partial charge on any atom is 0.311 e. The number of carboxylic acid groups (broad SMARTS) is 1. The van der Waals surface area contributed by atoms with Gasteiger partial charge in [0.1, 0.15) is 12.4 Å². The number of likely N-dealkylation sites (tertiary alicyclic amines) is 1. The van der Waals surface area contributed by atoms with E-state index in [0.29, 0.717) is 13.0 Å². The van der Waals surface area contributed by atoms with Gasteiger partial charge in [0.05, 0.1) is 48.4 Å². The fourth-order valence-corrected chi connectivity index (χ4v) is 7.58. The van der Waals surface area contributed by atoms with Gasteiger partial charge < -0.3 is 39.4 Å². The van der Waals surface area contributed by atoms with E-state index in [0.717, 1.165) is 0 Å². The summed E-state index contributed by atoms with van der Waals surface area (Å²) in [5.74, 6) is -7.68. The topological polar surface area (TPSA) is 212 Å². The molecule has 0 aromatic heterocycles.